The lowest BCUT2D eigenvalue weighted by molar-refractivity contribution is 0.278. The molecule has 1 aromatic heterocycles. The number of aromatic nitrogens is 1. The van der Waals surface area contributed by atoms with E-state index >= 15 is 0 Å². The van der Waals surface area contributed by atoms with Crippen molar-refractivity contribution in [2.45, 2.75) is 12.5 Å². The molecule has 0 spiro atoms. The van der Waals surface area contributed by atoms with E-state index in [2.05, 4.69) is 20.9 Å². The predicted molar refractivity (Wildman–Crippen MR) is 78.8 cm³/mol. The normalized spacial score (nSPS) is 10.3. The summed E-state index contributed by atoms with van der Waals surface area (Å²) in [5, 5.41) is 0. The van der Waals surface area contributed by atoms with Crippen LogP contribution in [0.15, 0.2) is 41.0 Å². The molecule has 0 N–H and O–H groups in total. The van der Waals surface area contributed by atoms with Crippen molar-refractivity contribution in [3.05, 3.63) is 52.3 Å². The lowest BCUT2D eigenvalue weighted by Gasteiger charge is -2.13. The summed E-state index contributed by atoms with van der Waals surface area (Å²) in [5.41, 5.74) is 1.74. The van der Waals surface area contributed by atoms with E-state index in [0.717, 1.165) is 15.7 Å². The number of nitrogens with zero attached hydrogens (tertiary/aromatic N) is 1. The Morgan fingerprint density at radius 2 is 2.11 bits per heavy atom. The summed E-state index contributed by atoms with van der Waals surface area (Å²) >= 11 is 9.25. The van der Waals surface area contributed by atoms with Crippen LogP contribution in [-0.4, -0.2) is 12.1 Å². The molecule has 5 heteroatoms. The molecule has 0 aliphatic carbocycles. The Bertz CT molecular complexity index is 523. The van der Waals surface area contributed by atoms with Crippen molar-refractivity contribution in [1.82, 2.24) is 4.98 Å². The molecule has 0 atom stereocenters. The van der Waals surface area contributed by atoms with Crippen molar-refractivity contribution in [2.75, 3.05) is 7.11 Å². The van der Waals surface area contributed by atoms with Gasteiger partial charge in [0.2, 0.25) is 0 Å². The van der Waals surface area contributed by atoms with Gasteiger partial charge in [-0.3, -0.25) is 4.98 Å². The third-order valence-corrected chi connectivity index (χ3v) is 3.33. The fourth-order valence-electron chi connectivity index (χ4n) is 1.63. The van der Waals surface area contributed by atoms with E-state index < -0.39 is 0 Å². The number of pyridine rings is 1. The summed E-state index contributed by atoms with van der Waals surface area (Å²) in [5.74, 6) is 1.72. The summed E-state index contributed by atoms with van der Waals surface area (Å²) < 4.78 is 12.0. The van der Waals surface area contributed by atoms with Crippen LogP contribution >= 0.6 is 27.5 Å². The molecule has 1 heterocycles. The first-order valence-corrected chi connectivity index (χ1v) is 7.02. The highest BCUT2D eigenvalue weighted by atomic mass is 79.9. The number of rotatable bonds is 5. The van der Waals surface area contributed by atoms with Gasteiger partial charge in [0.05, 0.1) is 18.7 Å². The summed E-state index contributed by atoms with van der Waals surface area (Å²) in [6.45, 7) is 0.373. The minimum Gasteiger partial charge on any atom is -0.493 e. The number of hydrogen-bond acceptors (Lipinski definition) is 3. The molecule has 0 aliphatic heterocycles. The van der Waals surface area contributed by atoms with Crippen molar-refractivity contribution in [1.29, 1.82) is 0 Å². The van der Waals surface area contributed by atoms with Gasteiger partial charge in [-0.2, -0.15) is 0 Å². The van der Waals surface area contributed by atoms with Gasteiger partial charge in [-0.25, -0.2) is 0 Å². The quantitative estimate of drug-likeness (QED) is 0.764. The number of ether oxygens (including phenoxy) is 2. The zero-order valence-electron chi connectivity index (χ0n) is 10.4. The van der Waals surface area contributed by atoms with Gasteiger partial charge in [-0.05, 0) is 34.1 Å². The molecular weight excluding hydrogens is 330 g/mol. The van der Waals surface area contributed by atoms with E-state index in [-0.39, 0.29) is 0 Å². The number of benzene rings is 1. The summed E-state index contributed by atoms with van der Waals surface area (Å²) in [6, 6.07) is 9.48. The predicted octanol–water partition coefficient (Wildman–Crippen LogP) is 4.17. The number of halogens is 2. The van der Waals surface area contributed by atoms with Crippen molar-refractivity contribution in [3.63, 3.8) is 0 Å². The molecule has 0 amide bonds. The van der Waals surface area contributed by atoms with Gasteiger partial charge in [-0.1, -0.05) is 12.1 Å². The Morgan fingerprint density at radius 3 is 2.74 bits per heavy atom. The molecule has 100 valence electrons. The zero-order chi connectivity index (χ0) is 13.7. The highest BCUT2D eigenvalue weighted by Crippen LogP contribution is 2.32. The summed E-state index contributed by atoms with van der Waals surface area (Å²) in [7, 11) is 1.61. The van der Waals surface area contributed by atoms with Crippen LogP contribution in [0.25, 0.3) is 0 Å². The maximum absolute atomic E-state index is 5.91. The van der Waals surface area contributed by atoms with E-state index in [4.69, 9.17) is 21.1 Å². The average molecular weight is 343 g/mol. The van der Waals surface area contributed by atoms with Crippen LogP contribution in [0, 0.1) is 0 Å². The van der Waals surface area contributed by atoms with Crippen LogP contribution in [0.5, 0.6) is 11.5 Å². The van der Waals surface area contributed by atoms with E-state index in [1.54, 1.807) is 13.3 Å². The Labute approximate surface area is 125 Å². The van der Waals surface area contributed by atoms with E-state index in [9.17, 15) is 0 Å². The van der Waals surface area contributed by atoms with Crippen molar-refractivity contribution in [2.24, 2.45) is 0 Å². The number of para-hydroxylation sites is 1. The number of methoxy groups -OCH3 is 1. The Morgan fingerprint density at radius 1 is 1.26 bits per heavy atom. The molecule has 3 nitrogen and oxygen atoms in total. The van der Waals surface area contributed by atoms with E-state index in [1.165, 1.54) is 0 Å². The number of hydrogen-bond donors (Lipinski definition) is 0. The molecule has 0 bridgehead atoms. The third-order valence-electron chi connectivity index (χ3n) is 2.58. The van der Waals surface area contributed by atoms with E-state index in [0.29, 0.717) is 24.0 Å². The van der Waals surface area contributed by atoms with Crippen LogP contribution in [0.4, 0.5) is 0 Å². The van der Waals surface area contributed by atoms with Crippen molar-refractivity contribution < 1.29 is 9.47 Å². The van der Waals surface area contributed by atoms with Gasteiger partial charge < -0.3 is 9.47 Å². The number of alkyl halides is 1. The van der Waals surface area contributed by atoms with Crippen molar-refractivity contribution in [3.8, 4) is 11.5 Å². The molecule has 0 unspecified atom stereocenters. The second kappa shape index (κ2) is 6.78. The fourth-order valence-corrected chi connectivity index (χ4v) is 2.07. The molecule has 0 saturated carbocycles. The lowest BCUT2D eigenvalue weighted by Crippen LogP contribution is -2.01. The molecule has 0 saturated heterocycles. The lowest BCUT2D eigenvalue weighted by atomic mass is 10.2. The molecule has 2 aromatic rings. The van der Waals surface area contributed by atoms with Crippen molar-refractivity contribution >= 4 is 27.5 Å². The van der Waals surface area contributed by atoms with Gasteiger partial charge in [0, 0.05) is 16.2 Å². The summed E-state index contributed by atoms with van der Waals surface area (Å²) in [4.78, 5) is 4.26. The zero-order valence-corrected chi connectivity index (χ0v) is 12.7. The Kier molecular flexibility index (Phi) is 5.05. The first-order valence-electron chi connectivity index (χ1n) is 5.69. The topological polar surface area (TPSA) is 31.4 Å². The maximum atomic E-state index is 5.91. The highest BCUT2D eigenvalue weighted by molar-refractivity contribution is 9.10. The molecular formula is C14H13BrClNO2. The monoisotopic (exact) mass is 341 g/mol. The average Bonchev–Trinajstić information content (AvgIpc) is 2.46. The fraction of sp³-hybridized carbons (Fsp3) is 0.214. The van der Waals surface area contributed by atoms with Gasteiger partial charge in [0.1, 0.15) is 6.61 Å². The first kappa shape index (κ1) is 14.2. The SMILES string of the molecule is COc1cccc(CCl)c1OCc1ccc(Br)cn1. The standard InChI is InChI=1S/C14H13BrClNO2/c1-18-13-4-2-3-10(7-16)14(13)19-9-12-6-5-11(15)8-17-12/h2-6,8H,7,9H2,1H3. The Hall–Kier alpha value is -1.26. The minimum atomic E-state index is 0.373. The minimum absolute atomic E-state index is 0.373. The second-order valence-corrected chi connectivity index (χ2v) is 5.02. The maximum Gasteiger partial charge on any atom is 0.166 e. The molecule has 0 radical (unpaired) electrons. The van der Waals surface area contributed by atoms with Crippen LogP contribution in [-0.2, 0) is 12.5 Å². The molecule has 2 rings (SSSR count). The first-order chi connectivity index (χ1) is 9.24. The van der Waals surface area contributed by atoms with Gasteiger partial charge in [0.25, 0.3) is 0 Å². The van der Waals surface area contributed by atoms with Crippen LogP contribution in [0.2, 0.25) is 0 Å². The van der Waals surface area contributed by atoms with Crippen LogP contribution in [0.3, 0.4) is 0 Å². The summed E-state index contributed by atoms with van der Waals surface area (Å²) in [6.07, 6.45) is 1.74. The van der Waals surface area contributed by atoms with Gasteiger partial charge in [0.15, 0.2) is 11.5 Å². The van der Waals surface area contributed by atoms with E-state index in [1.807, 2.05) is 30.3 Å². The second-order valence-electron chi connectivity index (χ2n) is 3.84. The highest BCUT2D eigenvalue weighted by Gasteiger charge is 2.10. The molecule has 0 aliphatic rings. The molecule has 1 aromatic carbocycles. The van der Waals surface area contributed by atoms with Gasteiger partial charge >= 0.3 is 0 Å². The molecule has 0 fully saturated rings. The Balaban J connectivity index is 2.16. The van der Waals surface area contributed by atoms with Crippen LogP contribution < -0.4 is 9.47 Å². The largest absolute Gasteiger partial charge is 0.493 e. The van der Waals surface area contributed by atoms with Crippen LogP contribution in [0.1, 0.15) is 11.3 Å². The third kappa shape index (κ3) is 3.61. The smallest absolute Gasteiger partial charge is 0.166 e. The van der Waals surface area contributed by atoms with Gasteiger partial charge in [-0.15, -0.1) is 11.6 Å². The molecule has 19 heavy (non-hydrogen) atoms.